The van der Waals surface area contributed by atoms with Gasteiger partial charge in [0.05, 0.1) is 17.9 Å². The molecule has 0 saturated carbocycles. The van der Waals surface area contributed by atoms with Gasteiger partial charge in [-0.2, -0.15) is 0 Å². The Morgan fingerprint density at radius 3 is 2.33 bits per heavy atom. The lowest BCUT2D eigenvalue weighted by Crippen LogP contribution is -2.54. The van der Waals surface area contributed by atoms with E-state index in [2.05, 4.69) is 5.32 Å². The summed E-state index contributed by atoms with van der Waals surface area (Å²) in [6, 6.07) is 18.9. The van der Waals surface area contributed by atoms with Gasteiger partial charge >= 0.3 is 12.0 Å². The molecule has 0 bridgehead atoms. The lowest BCUT2D eigenvalue weighted by molar-refractivity contribution is -0.122. The summed E-state index contributed by atoms with van der Waals surface area (Å²) in [5, 5.41) is 11.2. The standard InChI is InChI=1S/C27H22N2O7/c1-2-35-23-15-18(8-13-22(23)36-16-17-6-4-3-5-7-17)14-21-24(30)28-27(34)29(25(21)31)20-11-9-19(10-12-20)26(32)33/h3-15H,2,16H2,1H3,(H,32,33)(H,28,30,34)/b21-14+. The number of carbonyl (C=O) groups excluding carboxylic acids is 3. The molecule has 0 atom stereocenters. The first-order valence-electron chi connectivity index (χ1n) is 11.1. The molecule has 0 radical (unpaired) electrons. The SMILES string of the molecule is CCOc1cc(/C=C2\C(=O)NC(=O)N(c3ccc(C(=O)O)cc3)C2=O)ccc1OCc1ccccc1. The van der Waals surface area contributed by atoms with Gasteiger partial charge in [0.1, 0.15) is 12.2 Å². The van der Waals surface area contributed by atoms with Crippen LogP contribution in [0.3, 0.4) is 0 Å². The molecule has 3 aromatic carbocycles. The van der Waals surface area contributed by atoms with Crippen LogP contribution >= 0.6 is 0 Å². The maximum absolute atomic E-state index is 13.1. The molecule has 1 aliphatic rings. The average Bonchev–Trinajstić information content (AvgIpc) is 2.87. The summed E-state index contributed by atoms with van der Waals surface area (Å²) in [6.45, 7) is 2.53. The fraction of sp³-hybridized carbons (Fsp3) is 0.111. The zero-order chi connectivity index (χ0) is 25.7. The van der Waals surface area contributed by atoms with E-state index in [9.17, 15) is 19.2 Å². The van der Waals surface area contributed by atoms with E-state index in [-0.39, 0.29) is 16.8 Å². The minimum atomic E-state index is -1.15. The zero-order valence-electron chi connectivity index (χ0n) is 19.3. The number of rotatable bonds is 8. The van der Waals surface area contributed by atoms with Crippen molar-refractivity contribution >= 4 is 35.6 Å². The molecule has 9 nitrogen and oxygen atoms in total. The molecular weight excluding hydrogens is 464 g/mol. The summed E-state index contributed by atoms with van der Waals surface area (Å²) in [6.07, 6.45) is 1.35. The predicted octanol–water partition coefficient (Wildman–Crippen LogP) is 4.03. The molecule has 9 heteroatoms. The van der Waals surface area contributed by atoms with Crippen molar-refractivity contribution in [1.29, 1.82) is 0 Å². The van der Waals surface area contributed by atoms with Crippen LogP contribution in [0.2, 0.25) is 0 Å². The third-order valence-corrected chi connectivity index (χ3v) is 5.29. The Hall–Kier alpha value is -4.92. The average molecular weight is 486 g/mol. The number of carboxylic acid groups (broad SMARTS) is 1. The van der Waals surface area contributed by atoms with Gasteiger partial charge in [-0.05, 0) is 60.5 Å². The molecule has 0 aliphatic carbocycles. The van der Waals surface area contributed by atoms with E-state index >= 15 is 0 Å². The molecule has 0 unspecified atom stereocenters. The first kappa shape index (κ1) is 24.2. The Kier molecular flexibility index (Phi) is 7.10. The van der Waals surface area contributed by atoms with E-state index in [4.69, 9.17) is 14.6 Å². The second-order valence-electron chi connectivity index (χ2n) is 7.72. The van der Waals surface area contributed by atoms with E-state index in [0.717, 1.165) is 10.5 Å². The molecule has 4 rings (SSSR count). The van der Waals surface area contributed by atoms with Gasteiger partial charge in [-0.3, -0.25) is 14.9 Å². The highest BCUT2D eigenvalue weighted by Gasteiger charge is 2.36. The maximum Gasteiger partial charge on any atom is 0.335 e. The van der Waals surface area contributed by atoms with Gasteiger partial charge in [-0.1, -0.05) is 36.4 Å². The largest absolute Gasteiger partial charge is 0.490 e. The van der Waals surface area contributed by atoms with Gasteiger partial charge in [-0.15, -0.1) is 0 Å². The highest BCUT2D eigenvalue weighted by atomic mass is 16.5. The molecule has 0 aromatic heterocycles. The maximum atomic E-state index is 13.1. The van der Waals surface area contributed by atoms with Crippen LogP contribution in [0.1, 0.15) is 28.4 Å². The minimum Gasteiger partial charge on any atom is -0.490 e. The number of carboxylic acids is 1. The van der Waals surface area contributed by atoms with Crippen molar-refractivity contribution in [3.8, 4) is 11.5 Å². The molecule has 1 saturated heterocycles. The van der Waals surface area contributed by atoms with Crippen LogP contribution in [0.4, 0.5) is 10.5 Å². The van der Waals surface area contributed by atoms with Gasteiger partial charge in [0.2, 0.25) is 0 Å². The monoisotopic (exact) mass is 486 g/mol. The molecule has 4 amide bonds. The van der Waals surface area contributed by atoms with Crippen LogP contribution in [0.5, 0.6) is 11.5 Å². The number of nitrogens with one attached hydrogen (secondary N) is 1. The number of anilines is 1. The van der Waals surface area contributed by atoms with Crippen molar-refractivity contribution in [2.24, 2.45) is 0 Å². The molecule has 1 aliphatic heterocycles. The number of carbonyl (C=O) groups is 4. The lowest BCUT2D eigenvalue weighted by atomic mass is 10.1. The quantitative estimate of drug-likeness (QED) is 0.364. The Bertz CT molecular complexity index is 1350. The number of hydrogen-bond acceptors (Lipinski definition) is 6. The number of hydrogen-bond donors (Lipinski definition) is 2. The van der Waals surface area contributed by atoms with E-state index in [1.165, 1.54) is 30.3 Å². The summed E-state index contributed by atoms with van der Waals surface area (Å²) >= 11 is 0. The molecule has 3 aromatic rings. The van der Waals surface area contributed by atoms with Crippen LogP contribution in [-0.2, 0) is 16.2 Å². The molecule has 36 heavy (non-hydrogen) atoms. The third kappa shape index (κ3) is 5.25. The highest BCUT2D eigenvalue weighted by Crippen LogP contribution is 2.31. The summed E-state index contributed by atoms with van der Waals surface area (Å²) in [7, 11) is 0. The molecular formula is C27H22N2O7. The Morgan fingerprint density at radius 2 is 1.67 bits per heavy atom. The van der Waals surface area contributed by atoms with Crippen LogP contribution in [0.15, 0.2) is 78.4 Å². The summed E-state index contributed by atoms with van der Waals surface area (Å²) in [5.41, 5.74) is 1.32. The first-order chi connectivity index (χ1) is 17.4. The number of urea groups is 1. The van der Waals surface area contributed by atoms with Crippen LogP contribution in [-0.4, -0.2) is 35.5 Å². The lowest BCUT2D eigenvalue weighted by Gasteiger charge is -2.26. The van der Waals surface area contributed by atoms with E-state index < -0.39 is 23.8 Å². The number of ether oxygens (including phenoxy) is 2. The Morgan fingerprint density at radius 1 is 0.944 bits per heavy atom. The van der Waals surface area contributed by atoms with Gasteiger partial charge in [0.25, 0.3) is 11.8 Å². The van der Waals surface area contributed by atoms with Crippen molar-refractivity contribution in [2.45, 2.75) is 13.5 Å². The third-order valence-electron chi connectivity index (χ3n) is 5.29. The molecule has 182 valence electrons. The van der Waals surface area contributed by atoms with E-state index in [1.807, 2.05) is 37.3 Å². The van der Waals surface area contributed by atoms with E-state index in [1.54, 1.807) is 18.2 Å². The fourth-order valence-corrected chi connectivity index (χ4v) is 3.55. The summed E-state index contributed by atoms with van der Waals surface area (Å²) in [4.78, 5) is 49.9. The van der Waals surface area contributed by atoms with Gasteiger partial charge in [-0.25, -0.2) is 14.5 Å². The number of benzene rings is 3. The Labute approximate surface area is 206 Å². The van der Waals surface area contributed by atoms with Crippen molar-refractivity contribution in [3.63, 3.8) is 0 Å². The second kappa shape index (κ2) is 10.6. The van der Waals surface area contributed by atoms with E-state index in [0.29, 0.717) is 30.3 Å². The van der Waals surface area contributed by atoms with Gasteiger partial charge in [0, 0.05) is 0 Å². The molecule has 2 N–H and O–H groups in total. The minimum absolute atomic E-state index is 0.00603. The molecule has 0 spiro atoms. The van der Waals surface area contributed by atoms with Crippen molar-refractivity contribution in [1.82, 2.24) is 5.32 Å². The number of amides is 4. The summed E-state index contributed by atoms with van der Waals surface area (Å²) in [5.74, 6) is -1.89. The number of barbiturate groups is 1. The molecule has 1 fully saturated rings. The summed E-state index contributed by atoms with van der Waals surface area (Å²) < 4.78 is 11.6. The Balaban J connectivity index is 1.61. The van der Waals surface area contributed by atoms with Gasteiger partial charge in [0.15, 0.2) is 11.5 Å². The number of imide groups is 2. The smallest absolute Gasteiger partial charge is 0.335 e. The van der Waals surface area contributed by atoms with Crippen LogP contribution in [0.25, 0.3) is 6.08 Å². The van der Waals surface area contributed by atoms with Crippen molar-refractivity contribution < 1.29 is 33.8 Å². The normalized spacial score (nSPS) is 14.5. The van der Waals surface area contributed by atoms with Crippen LogP contribution < -0.4 is 19.7 Å². The van der Waals surface area contributed by atoms with Crippen LogP contribution in [0, 0.1) is 0 Å². The topological polar surface area (TPSA) is 122 Å². The molecule has 1 heterocycles. The fourth-order valence-electron chi connectivity index (χ4n) is 3.55. The predicted molar refractivity (Wildman–Crippen MR) is 131 cm³/mol. The number of aromatic carboxylic acids is 1. The van der Waals surface area contributed by atoms with Crippen molar-refractivity contribution in [3.05, 3.63) is 95.1 Å². The van der Waals surface area contributed by atoms with Gasteiger partial charge < -0.3 is 14.6 Å². The zero-order valence-corrected chi connectivity index (χ0v) is 19.3. The highest BCUT2D eigenvalue weighted by molar-refractivity contribution is 6.39. The van der Waals surface area contributed by atoms with Crippen molar-refractivity contribution in [2.75, 3.05) is 11.5 Å². The number of nitrogens with zero attached hydrogens (tertiary/aromatic N) is 1. The first-order valence-corrected chi connectivity index (χ1v) is 11.1. The second-order valence-corrected chi connectivity index (χ2v) is 7.72.